The summed E-state index contributed by atoms with van der Waals surface area (Å²) in [7, 11) is -7.16. The van der Waals surface area contributed by atoms with Crippen LogP contribution in [0.15, 0.2) is 0 Å². The van der Waals surface area contributed by atoms with Crippen LogP contribution in [0.1, 0.15) is 0 Å². The van der Waals surface area contributed by atoms with Crippen molar-refractivity contribution in [3.05, 3.63) is 0 Å². The Morgan fingerprint density at radius 1 is 1.11 bits per heavy atom. The summed E-state index contributed by atoms with van der Waals surface area (Å²) in [6, 6.07) is 0. The highest BCUT2D eigenvalue weighted by Gasteiger charge is 2.08. The molecule has 56 valence electrons. The lowest BCUT2D eigenvalue weighted by Gasteiger charge is -1.95. The number of hydrogen-bond acceptors (Lipinski definition) is 4. The van der Waals surface area contributed by atoms with Crippen LogP contribution < -0.4 is 0 Å². The fraction of sp³-hybridized carbons (Fsp3) is 1.00. The van der Waals surface area contributed by atoms with Crippen molar-refractivity contribution in [3.8, 4) is 0 Å². The first-order chi connectivity index (χ1) is 3.71. The number of rotatable bonds is 2. The third-order valence-corrected chi connectivity index (χ3v) is 4.41. The second-order valence-electron chi connectivity index (χ2n) is 1.28. The van der Waals surface area contributed by atoms with E-state index in [0.717, 1.165) is 0 Å². The van der Waals surface area contributed by atoms with Crippen LogP contribution in [-0.2, 0) is 39.9 Å². The van der Waals surface area contributed by atoms with Crippen LogP contribution in [0, 0.1) is 0 Å². The van der Waals surface area contributed by atoms with Gasteiger partial charge in [0, 0.05) is 22.4 Å². The van der Waals surface area contributed by atoms with Gasteiger partial charge in [-0.05, 0) is 0 Å². The SMILES string of the molecule is O=S(O)(=S)CS(=O)(O)=S. The van der Waals surface area contributed by atoms with Gasteiger partial charge in [-0.2, -0.15) is 0 Å². The highest BCUT2D eigenvalue weighted by Crippen LogP contribution is 1.90. The van der Waals surface area contributed by atoms with E-state index < -0.39 is 22.6 Å². The summed E-state index contributed by atoms with van der Waals surface area (Å²) in [6.07, 6.45) is 0. The van der Waals surface area contributed by atoms with E-state index >= 15 is 0 Å². The fourth-order valence-electron chi connectivity index (χ4n) is 0.188. The van der Waals surface area contributed by atoms with E-state index in [1.165, 1.54) is 0 Å². The molecule has 2 atom stereocenters. The molecular weight excluding hydrogens is 204 g/mol. The van der Waals surface area contributed by atoms with Gasteiger partial charge in [0.1, 0.15) is 0 Å². The van der Waals surface area contributed by atoms with E-state index in [1.54, 1.807) is 0 Å². The lowest BCUT2D eigenvalue weighted by molar-refractivity contribution is 0.552. The highest BCUT2D eigenvalue weighted by atomic mass is 32.9. The Hall–Kier alpha value is 0.660. The van der Waals surface area contributed by atoms with Crippen LogP contribution in [0.25, 0.3) is 0 Å². The molecule has 0 rings (SSSR count). The molecule has 0 fully saturated rings. The largest absolute Gasteiger partial charge is 0.305 e. The predicted molar refractivity (Wildman–Crippen MR) is 41.1 cm³/mol. The van der Waals surface area contributed by atoms with Crippen molar-refractivity contribution in [2.24, 2.45) is 0 Å². The van der Waals surface area contributed by atoms with Crippen molar-refractivity contribution in [3.63, 3.8) is 0 Å². The van der Waals surface area contributed by atoms with Gasteiger partial charge in [-0.15, -0.1) is 0 Å². The van der Waals surface area contributed by atoms with Crippen molar-refractivity contribution >= 4 is 39.9 Å². The molecule has 2 unspecified atom stereocenters. The lowest BCUT2D eigenvalue weighted by Crippen LogP contribution is -2.11. The van der Waals surface area contributed by atoms with E-state index in [2.05, 4.69) is 22.4 Å². The maximum Gasteiger partial charge on any atom is 0.156 e. The minimum absolute atomic E-state index is 0.912. The molecular formula is CH4O4S4. The first kappa shape index (κ1) is 9.66. The average Bonchev–Trinajstić information content (AvgIpc) is 1.14. The highest BCUT2D eigenvalue weighted by molar-refractivity contribution is 8.40. The second-order valence-corrected chi connectivity index (χ2v) is 7.68. The zero-order valence-electron chi connectivity index (χ0n) is 4.05. The molecule has 0 saturated heterocycles. The molecule has 9 heavy (non-hydrogen) atoms. The molecule has 0 spiro atoms. The van der Waals surface area contributed by atoms with Gasteiger partial charge < -0.3 is 9.11 Å². The monoisotopic (exact) mass is 208 g/mol. The molecule has 0 amide bonds. The molecule has 0 saturated carbocycles. The molecule has 0 aliphatic carbocycles. The smallest absolute Gasteiger partial charge is 0.156 e. The fourth-order valence-corrected chi connectivity index (χ4v) is 4.59. The molecule has 0 aliphatic rings. The molecule has 0 aromatic heterocycles. The molecule has 4 nitrogen and oxygen atoms in total. The third kappa shape index (κ3) is 8.66. The zero-order valence-corrected chi connectivity index (χ0v) is 7.32. The van der Waals surface area contributed by atoms with E-state index in [9.17, 15) is 8.42 Å². The van der Waals surface area contributed by atoms with E-state index in [4.69, 9.17) is 9.11 Å². The minimum atomic E-state index is -3.58. The van der Waals surface area contributed by atoms with Crippen molar-refractivity contribution < 1.29 is 17.5 Å². The Balaban J connectivity index is 4.46. The summed E-state index contributed by atoms with van der Waals surface area (Å²) in [5.74, 6) is 0. The maximum absolute atomic E-state index is 10.2. The third-order valence-electron chi connectivity index (χ3n) is 0.298. The van der Waals surface area contributed by atoms with E-state index in [-0.39, 0.29) is 0 Å². The van der Waals surface area contributed by atoms with Gasteiger partial charge in [0.05, 0.1) is 0 Å². The minimum Gasteiger partial charge on any atom is -0.305 e. The summed E-state index contributed by atoms with van der Waals surface area (Å²) in [4.78, 5) is 0. The molecule has 0 bridgehead atoms. The summed E-state index contributed by atoms with van der Waals surface area (Å²) in [5.41, 5.74) is 0. The van der Waals surface area contributed by atoms with Crippen LogP contribution in [0.4, 0.5) is 0 Å². The Kier molecular flexibility index (Phi) is 2.92. The Bertz CT molecular complexity index is 238. The van der Waals surface area contributed by atoms with E-state index in [0.29, 0.717) is 0 Å². The molecule has 0 aromatic rings. The molecule has 0 heterocycles. The summed E-state index contributed by atoms with van der Waals surface area (Å²) in [5, 5.41) is -0.912. The van der Waals surface area contributed by atoms with Crippen LogP contribution in [0.2, 0.25) is 0 Å². The van der Waals surface area contributed by atoms with Crippen molar-refractivity contribution in [1.29, 1.82) is 0 Å². The van der Waals surface area contributed by atoms with E-state index in [1.807, 2.05) is 0 Å². The molecule has 0 radical (unpaired) electrons. The van der Waals surface area contributed by atoms with Crippen LogP contribution >= 0.6 is 0 Å². The van der Waals surface area contributed by atoms with Crippen molar-refractivity contribution in [2.45, 2.75) is 0 Å². The van der Waals surface area contributed by atoms with Crippen molar-refractivity contribution in [2.75, 3.05) is 5.08 Å². The first-order valence-corrected chi connectivity index (χ1v) is 6.83. The second kappa shape index (κ2) is 2.72. The molecule has 0 aliphatic heterocycles. The van der Waals surface area contributed by atoms with Crippen LogP contribution in [0.5, 0.6) is 0 Å². The predicted octanol–water partition coefficient (Wildman–Crippen LogP) is -0.617. The number of hydrogen-bond donors (Lipinski definition) is 2. The summed E-state index contributed by atoms with van der Waals surface area (Å²) in [6.45, 7) is 0. The van der Waals surface area contributed by atoms with Crippen LogP contribution in [0.3, 0.4) is 0 Å². The molecule has 2 N–H and O–H groups in total. The quantitative estimate of drug-likeness (QED) is 0.630. The zero-order chi connectivity index (χ0) is 7.71. The Morgan fingerprint density at radius 3 is 1.33 bits per heavy atom. The first-order valence-electron chi connectivity index (χ1n) is 1.61. The van der Waals surface area contributed by atoms with Crippen molar-refractivity contribution in [1.82, 2.24) is 0 Å². The van der Waals surface area contributed by atoms with Gasteiger partial charge >= 0.3 is 0 Å². The van der Waals surface area contributed by atoms with Crippen LogP contribution in [-0.4, -0.2) is 22.6 Å². The Morgan fingerprint density at radius 2 is 1.33 bits per heavy atom. The molecule has 0 aromatic carbocycles. The van der Waals surface area contributed by atoms with Gasteiger partial charge in [0.25, 0.3) is 0 Å². The summed E-state index contributed by atoms with van der Waals surface area (Å²) >= 11 is 7.82. The standard InChI is InChI=1S/CH4O4S4/c2-8(3,6)1-9(4,5)7/h1H2,(H,2,3,6)(H,4,5,7). The van der Waals surface area contributed by atoms with Gasteiger partial charge in [0.15, 0.2) is 22.6 Å². The van der Waals surface area contributed by atoms with Gasteiger partial charge in [-0.3, -0.25) is 0 Å². The molecule has 8 heteroatoms. The normalized spacial score (nSPS) is 24.2. The Labute approximate surface area is 62.6 Å². The maximum atomic E-state index is 10.2. The lowest BCUT2D eigenvalue weighted by atomic mass is 11.9. The van der Waals surface area contributed by atoms with Gasteiger partial charge in [-0.1, -0.05) is 0 Å². The van der Waals surface area contributed by atoms with Gasteiger partial charge in [-0.25, -0.2) is 8.42 Å². The average molecular weight is 208 g/mol. The van der Waals surface area contributed by atoms with Gasteiger partial charge in [0.2, 0.25) is 0 Å². The topological polar surface area (TPSA) is 74.6 Å². The summed E-state index contributed by atoms with van der Waals surface area (Å²) < 4.78 is 36.9.